The molecule has 0 heterocycles. The number of benzene rings is 1. The van der Waals surface area contributed by atoms with Crippen molar-refractivity contribution in [3.63, 3.8) is 0 Å². The van der Waals surface area contributed by atoms with Crippen molar-refractivity contribution in [2.45, 2.75) is 6.18 Å². The van der Waals surface area contributed by atoms with Crippen LogP contribution in [0.15, 0.2) is 0 Å². The second-order valence-electron chi connectivity index (χ2n) is 2.61. The third kappa shape index (κ3) is 1.74. The molecule has 1 aromatic rings. The number of hydrogen-bond donors (Lipinski definition) is 0. The van der Waals surface area contributed by atoms with Crippen LogP contribution in [0.3, 0.4) is 0 Å². The standard InChI is InChI=1S/C8F7O/c9-4-2(1-16)5(10)7(12)3(6(4)11)8(13,14)15. The van der Waals surface area contributed by atoms with E-state index in [1.807, 2.05) is 0 Å². The highest BCUT2D eigenvalue weighted by Crippen LogP contribution is 2.36. The second-order valence-corrected chi connectivity index (χ2v) is 2.61. The van der Waals surface area contributed by atoms with Crippen LogP contribution in [-0.2, 0) is 11.0 Å². The Hall–Kier alpha value is -1.60. The van der Waals surface area contributed by atoms with Gasteiger partial charge >= 0.3 is 6.18 Å². The van der Waals surface area contributed by atoms with Gasteiger partial charge in [-0.1, -0.05) is 0 Å². The third-order valence-electron chi connectivity index (χ3n) is 1.65. The fourth-order valence-corrected chi connectivity index (χ4v) is 0.970. The average molecular weight is 245 g/mol. The smallest absolute Gasteiger partial charge is 0.285 e. The predicted octanol–water partition coefficient (Wildman–Crippen LogP) is 2.72. The van der Waals surface area contributed by atoms with Crippen molar-refractivity contribution in [2.75, 3.05) is 0 Å². The maximum atomic E-state index is 12.7. The van der Waals surface area contributed by atoms with E-state index >= 15 is 0 Å². The first-order valence-electron chi connectivity index (χ1n) is 3.53. The van der Waals surface area contributed by atoms with Gasteiger partial charge in [0.1, 0.15) is 11.1 Å². The third-order valence-corrected chi connectivity index (χ3v) is 1.65. The first-order chi connectivity index (χ1) is 7.21. The Morgan fingerprint density at radius 3 is 1.44 bits per heavy atom. The highest BCUT2D eigenvalue weighted by molar-refractivity contribution is 5.76. The molecule has 0 N–H and O–H groups in total. The Morgan fingerprint density at radius 2 is 1.19 bits per heavy atom. The van der Waals surface area contributed by atoms with Gasteiger partial charge in [-0.25, -0.2) is 17.6 Å². The number of alkyl halides is 3. The van der Waals surface area contributed by atoms with Gasteiger partial charge in [0.2, 0.25) is 6.29 Å². The van der Waals surface area contributed by atoms with E-state index in [-0.39, 0.29) is 0 Å². The van der Waals surface area contributed by atoms with E-state index < -0.39 is 40.6 Å². The van der Waals surface area contributed by atoms with Crippen LogP contribution in [0.1, 0.15) is 11.1 Å². The Labute approximate surface area is 83.5 Å². The summed E-state index contributed by atoms with van der Waals surface area (Å²) in [5.74, 6) is -10.2. The fourth-order valence-electron chi connectivity index (χ4n) is 0.970. The van der Waals surface area contributed by atoms with Crippen LogP contribution >= 0.6 is 0 Å². The molecule has 0 spiro atoms. The second kappa shape index (κ2) is 3.76. The maximum Gasteiger partial charge on any atom is 0.422 e. The fraction of sp³-hybridized carbons (Fsp3) is 0.125. The van der Waals surface area contributed by atoms with Crippen molar-refractivity contribution in [3.8, 4) is 0 Å². The number of hydrogen-bond acceptors (Lipinski definition) is 1. The molecule has 1 aromatic carbocycles. The summed E-state index contributed by atoms with van der Waals surface area (Å²) in [4.78, 5) is 9.89. The van der Waals surface area contributed by atoms with Crippen LogP contribution in [0.4, 0.5) is 30.7 Å². The maximum absolute atomic E-state index is 12.7. The quantitative estimate of drug-likeness (QED) is 0.549. The molecular formula is C8F7O. The van der Waals surface area contributed by atoms with Crippen molar-refractivity contribution in [2.24, 2.45) is 0 Å². The first kappa shape index (κ1) is 12.5. The monoisotopic (exact) mass is 245 g/mol. The zero-order valence-electron chi connectivity index (χ0n) is 7.05. The molecule has 0 aliphatic rings. The van der Waals surface area contributed by atoms with E-state index in [1.54, 1.807) is 0 Å². The Balaban J connectivity index is 3.74. The molecule has 0 saturated carbocycles. The van der Waals surface area contributed by atoms with Gasteiger partial charge in [0.15, 0.2) is 23.3 Å². The van der Waals surface area contributed by atoms with Gasteiger partial charge in [0.05, 0.1) is 0 Å². The largest absolute Gasteiger partial charge is 0.422 e. The molecule has 0 aliphatic carbocycles. The van der Waals surface area contributed by atoms with E-state index in [4.69, 9.17) is 0 Å². The van der Waals surface area contributed by atoms with Crippen LogP contribution < -0.4 is 0 Å². The van der Waals surface area contributed by atoms with E-state index in [0.29, 0.717) is 6.29 Å². The summed E-state index contributed by atoms with van der Waals surface area (Å²) >= 11 is 0. The zero-order chi connectivity index (χ0) is 12.7. The van der Waals surface area contributed by atoms with E-state index in [2.05, 4.69) is 0 Å². The minimum atomic E-state index is -5.61. The molecule has 1 rings (SSSR count). The van der Waals surface area contributed by atoms with Crippen LogP contribution in [-0.4, -0.2) is 6.29 Å². The molecule has 1 radical (unpaired) electrons. The van der Waals surface area contributed by atoms with Crippen molar-refractivity contribution >= 4 is 6.29 Å². The minimum Gasteiger partial charge on any atom is -0.285 e. The lowest BCUT2D eigenvalue weighted by Crippen LogP contribution is -2.16. The molecule has 1 nitrogen and oxygen atoms in total. The Bertz CT molecular complexity index is 420. The lowest BCUT2D eigenvalue weighted by molar-refractivity contribution is -0.143. The molecule has 8 heteroatoms. The summed E-state index contributed by atoms with van der Waals surface area (Å²) in [5, 5.41) is 0. The van der Waals surface area contributed by atoms with Crippen molar-refractivity contribution in [1.29, 1.82) is 0 Å². The van der Waals surface area contributed by atoms with Crippen molar-refractivity contribution < 1.29 is 35.5 Å². The lowest BCUT2D eigenvalue weighted by atomic mass is 10.1. The van der Waals surface area contributed by atoms with Gasteiger partial charge in [0.25, 0.3) is 0 Å². The van der Waals surface area contributed by atoms with Gasteiger partial charge in [-0.3, -0.25) is 4.79 Å². The summed E-state index contributed by atoms with van der Waals surface area (Å²) in [6.07, 6.45) is -5.14. The number of carbonyl (C=O) groups excluding carboxylic acids is 1. The van der Waals surface area contributed by atoms with Crippen LogP contribution in [0.2, 0.25) is 0 Å². The normalized spacial score (nSPS) is 11.7. The lowest BCUT2D eigenvalue weighted by Gasteiger charge is -2.11. The molecule has 0 unspecified atom stereocenters. The zero-order valence-corrected chi connectivity index (χ0v) is 7.05. The summed E-state index contributed by atoms with van der Waals surface area (Å²) in [7, 11) is 0. The summed E-state index contributed by atoms with van der Waals surface area (Å²) < 4.78 is 86.8. The highest BCUT2D eigenvalue weighted by atomic mass is 19.4. The van der Waals surface area contributed by atoms with Gasteiger partial charge in [-0.05, 0) is 0 Å². The van der Waals surface area contributed by atoms with Crippen LogP contribution in [0.5, 0.6) is 0 Å². The topological polar surface area (TPSA) is 17.1 Å². The highest BCUT2D eigenvalue weighted by Gasteiger charge is 2.42. The van der Waals surface area contributed by atoms with Gasteiger partial charge in [-0.15, -0.1) is 0 Å². The van der Waals surface area contributed by atoms with Gasteiger partial charge < -0.3 is 0 Å². The summed E-state index contributed by atoms with van der Waals surface area (Å²) in [6.45, 7) is 0. The molecule has 0 aromatic heterocycles. The molecule has 16 heavy (non-hydrogen) atoms. The minimum absolute atomic E-state index is 0.477. The van der Waals surface area contributed by atoms with Crippen LogP contribution in [0.25, 0.3) is 0 Å². The predicted molar refractivity (Wildman–Crippen MR) is 36.1 cm³/mol. The molecule has 0 atom stereocenters. The SMILES string of the molecule is O=[C]c1c(F)c(F)c(C(F)(F)F)c(F)c1F. The van der Waals surface area contributed by atoms with Crippen molar-refractivity contribution in [3.05, 3.63) is 34.4 Å². The Kier molecular flexibility index (Phi) is 2.93. The van der Waals surface area contributed by atoms with Gasteiger partial charge in [0, 0.05) is 0 Å². The molecule has 0 aliphatic heterocycles. The number of rotatable bonds is 1. The molecule has 0 saturated heterocycles. The van der Waals surface area contributed by atoms with Gasteiger partial charge in [-0.2, -0.15) is 13.2 Å². The van der Waals surface area contributed by atoms with E-state index in [1.165, 1.54) is 0 Å². The molecule has 0 bridgehead atoms. The van der Waals surface area contributed by atoms with E-state index in [0.717, 1.165) is 0 Å². The summed E-state index contributed by atoms with van der Waals surface area (Å²) in [5.41, 5.74) is -4.57. The first-order valence-corrected chi connectivity index (χ1v) is 3.53. The number of halogens is 7. The average Bonchev–Trinajstić information content (AvgIpc) is 2.14. The molecule has 0 amide bonds. The molecule has 0 fully saturated rings. The van der Waals surface area contributed by atoms with Crippen LogP contribution in [0, 0.1) is 23.3 Å². The van der Waals surface area contributed by atoms with E-state index in [9.17, 15) is 35.5 Å². The molecule has 87 valence electrons. The van der Waals surface area contributed by atoms with Crippen molar-refractivity contribution in [1.82, 2.24) is 0 Å². The Morgan fingerprint density at radius 1 is 0.812 bits per heavy atom. The molecular weight excluding hydrogens is 245 g/mol. The summed E-state index contributed by atoms with van der Waals surface area (Å²) in [6, 6.07) is 0.